The van der Waals surface area contributed by atoms with E-state index in [1.165, 1.54) is 11.1 Å². The molecule has 0 radical (unpaired) electrons. The molecule has 2 N–H and O–H groups in total. The molecule has 1 amide bonds. The number of rotatable bonds is 4. The lowest BCUT2D eigenvalue weighted by atomic mass is 10.1. The van der Waals surface area contributed by atoms with Crippen molar-refractivity contribution in [2.75, 3.05) is 5.32 Å². The number of aromatic nitrogens is 4. The maximum absolute atomic E-state index is 12.6. The van der Waals surface area contributed by atoms with E-state index in [1.807, 2.05) is 34.9 Å². The van der Waals surface area contributed by atoms with E-state index in [4.69, 9.17) is 0 Å². The van der Waals surface area contributed by atoms with Crippen LogP contribution in [0.1, 0.15) is 41.4 Å². The fraction of sp³-hybridized carbons (Fsp3) is 0.263. The third-order valence-corrected chi connectivity index (χ3v) is 4.45. The number of carbonyl (C=O) groups excluding carboxylic acids is 1. The van der Waals surface area contributed by atoms with Crippen molar-refractivity contribution in [1.29, 1.82) is 0 Å². The normalized spacial score (nSPS) is 13.0. The van der Waals surface area contributed by atoms with Gasteiger partial charge in [-0.2, -0.15) is 0 Å². The molecule has 26 heavy (non-hydrogen) atoms. The second-order valence-corrected chi connectivity index (χ2v) is 6.60. The van der Waals surface area contributed by atoms with Gasteiger partial charge in [0.15, 0.2) is 5.82 Å². The van der Waals surface area contributed by atoms with E-state index in [9.17, 15) is 4.79 Å². The average Bonchev–Trinajstić information content (AvgIpc) is 3.30. The molecular weight excluding hydrogens is 328 g/mol. The van der Waals surface area contributed by atoms with Crippen molar-refractivity contribution in [1.82, 2.24) is 25.1 Å². The van der Waals surface area contributed by atoms with Gasteiger partial charge in [-0.3, -0.25) is 4.79 Å². The minimum atomic E-state index is -0.172. The number of hydrogen-bond donors (Lipinski definition) is 2. The van der Waals surface area contributed by atoms with Crippen molar-refractivity contribution in [3.63, 3.8) is 0 Å². The monoisotopic (exact) mass is 348 g/mol. The molecule has 4 rings (SSSR count). The molecular formula is C19H20N6O. The Balaban J connectivity index is 1.57. The molecule has 0 atom stereocenters. The summed E-state index contributed by atoms with van der Waals surface area (Å²) in [6.07, 6.45) is 1.69. The molecule has 7 heteroatoms. The lowest BCUT2D eigenvalue weighted by Crippen LogP contribution is -2.14. The Morgan fingerprint density at radius 3 is 2.88 bits per heavy atom. The molecule has 1 aliphatic heterocycles. The van der Waals surface area contributed by atoms with E-state index in [1.54, 1.807) is 12.4 Å². The van der Waals surface area contributed by atoms with Crippen LogP contribution in [0.3, 0.4) is 0 Å². The van der Waals surface area contributed by atoms with Crippen LogP contribution in [0.25, 0.3) is 11.5 Å². The zero-order valence-corrected chi connectivity index (χ0v) is 14.7. The Labute approximate surface area is 151 Å². The highest BCUT2D eigenvalue weighted by Crippen LogP contribution is 2.21. The molecule has 132 valence electrons. The first-order chi connectivity index (χ1) is 12.6. The van der Waals surface area contributed by atoms with Gasteiger partial charge in [0.1, 0.15) is 17.8 Å². The van der Waals surface area contributed by atoms with Crippen molar-refractivity contribution >= 4 is 11.7 Å². The van der Waals surface area contributed by atoms with Gasteiger partial charge in [-0.15, -0.1) is 10.2 Å². The molecule has 0 saturated heterocycles. The number of nitrogens with one attached hydrogen (secondary N) is 2. The minimum Gasteiger partial charge on any atom is -0.310 e. The molecule has 0 fully saturated rings. The summed E-state index contributed by atoms with van der Waals surface area (Å²) in [5, 5.41) is 14.3. The summed E-state index contributed by atoms with van der Waals surface area (Å²) >= 11 is 0. The molecule has 0 unspecified atom stereocenters. The number of benzene rings is 1. The standard InChI is InChI=1S/C19H20N6O/c1-12(2)25-11-21-24-18(25)16-4-3-5-17(22-16)23-19(26)13-6-7-14-9-20-10-15(14)8-13/h3-8,11-12,20H,9-10H2,1-2H3,(H,22,23,26). The van der Waals surface area contributed by atoms with Crippen LogP contribution in [0.2, 0.25) is 0 Å². The Hall–Kier alpha value is -3.06. The fourth-order valence-corrected chi connectivity index (χ4v) is 3.06. The van der Waals surface area contributed by atoms with Crippen molar-refractivity contribution in [2.45, 2.75) is 33.0 Å². The summed E-state index contributed by atoms with van der Waals surface area (Å²) in [4.78, 5) is 17.1. The van der Waals surface area contributed by atoms with E-state index in [2.05, 4.69) is 39.7 Å². The van der Waals surface area contributed by atoms with Crippen LogP contribution in [-0.2, 0) is 13.1 Å². The summed E-state index contributed by atoms with van der Waals surface area (Å²) in [5.41, 5.74) is 3.72. The SMILES string of the molecule is CC(C)n1cnnc1-c1cccc(NC(=O)c2ccc3c(c2)CNC3)n1. The second-order valence-electron chi connectivity index (χ2n) is 6.60. The van der Waals surface area contributed by atoms with Gasteiger partial charge < -0.3 is 15.2 Å². The predicted molar refractivity (Wildman–Crippen MR) is 98.6 cm³/mol. The number of nitrogens with zero attached hydrogens (tertiary/aromatic N) is 4. The van der Waals surface area contributed by atoms with Crippen molar-refractivity contribution in [2.24, 2.45) is 0 Å². The first-order valence-electron chi connectivity index (χ1n) is 8.62. The molecule has 0 spiro atoms. The quantitative estimate of drug-likeness (QED) is 0.757. The van der Waals surface area contributed by atoms with Crippen LogP contribution in [0.4, 0.5) is 5.82 Å². The topological polar surface area (TPSA) is 84.7 Å². The average molecular weight is 348 g/mol. The van der Waals surface area contributed by atoms with Gasteiger partial charge >= 0.3 is 0 Å². The van der Waals surface area contributed by atoms with Gasteiger partial charge in [0.05, 0.1) is 0 Å². The van der Waals surface area contributed by atoms with Crippen LogP contribution in [0, 0.1) is 0 Å². The van der Waals surface area contributed by atoms with Crippen molar-refractivity contribution in [3.05, 3.63) is 59.4 Å². The van der Waals surface area contributed by atoms with Gasteiger partial charge in [-0.1, -0.05) is 12.1 Å². The Morgan fingerprint density at radius 2 is 2.04 bits per heavy atom. The number of pyridine rings is 1. The predicted octanol–water partition coefficient (Wildman–Crippen LogP) is 2.78. The second kappa shape index (κ2) is 6.68. The number of anilines is 1. The van der Waals surface area contributed by atoms with E-state index in [-0.39, 0.29) is 11.9 Å². The summed E-state index contributed by atoms with van der Waals surface area (Å²) < 4.78 is 1.95. The summed E-state index contributed by atoms with van der Waals surface area (Å²) in [6, 6.07) is 11.5. The largest absolute Gasteiger partial charge is 0.310 e. The lowest BCUT2D eigenvalue weighted by molar-refractivity contribution is 0.102. The summed E-state index contributed by atoms with van der Waals surface area (Å²) in [7, 11) is 0. The third kappa shape index (κ3) is 3.09. The van der Waals surface area contributed by atoms with Crippen LogP contribution in [0.15, 0.2) is 42.7 Å². The number of fused-ring (bicyclic) bond motifs is 1. The first-order valence-corrected chi connectivity index (χ1v) is 8.62. The smallest absolute Gasteiger partial charge is 0.256 e. The van der Waals surface area contributed by atoms with Crippen LogP contribution < -0.4 is 10.6 Å². The third-order valence-electron chi connectivity index (χ3n) is 4.45. The molecule has 1 aliphatic rings. The highest BCUT2D eigenvalue weighted by Gasteiger charge is 2.15. The van der Waals surface area contributed by atoms with Crippen molar-refractivity contribution < 1.29 is 4.79 Å². The van der Waals surface area contributed by atoms with Gasteiger partial charge in [-0.05, 0) is 49.2 Å². The van der Waals surface area contributed by atoms with Crippen LogP contribution in [0.5, 0.6) is 0 Å². The van der Waals surface area contributed by atoms with Crippen LogP contribution >= 0.6 is 0 Å². The Morgan fingerprint density at radius 1 is 1.19 bits per heavy atom. The first kappa shape index (κ1) is 16.4. The maximum Gasteiger partial charge on any atom is 0.256 e. The lowest BCUT2D eigenvalue weighted by Gasteiger charge is -2.11. The minimum absolute atomic E-state index is 0.172. The van der Waals surface area contributed by atoms with Gasteiger partial charge in [0.25, 0.3) is 5.91 Å². The van der Waals surface area contributed by atoms with Gasteiger partial charge in [0, 0.05) is 24.7 Å². The number of carbonyl (C=O) groups is 1. The highest BCUT2D eigenvalue weighted by molar-refractivity contribution is 6.04. The number of hydrogen-bond acceptors (Lipinski definition) is 5. The van der Waals surface area contributed by atoms with E-state index in [0.29, 0.717) is 22.9 Å². The maximum atomic E-state index is 12.6. The molecule has 3 aromatic rings. The molecule has 0 saturated carbocycles. The molecule has 0 bridgehead atoms. The van der Waals surface area contributed by atoms with Crippen molar-refractivity contribution in [3.8, 4) is 11.5 Å². The van der Waals surface area contributed by atoms with Gasteiger partial charge in [-0.25, -0.2) is 4.98 Å². The molecule has 3 heterocycles. The molecule has 7 nitrogen and oxygen atoms in total. The molecule has 0 aliphatic carbocycles. The summed E-state index contributed by atoms with van der Waals surface area (Å²) in [5.74, 6) is 0.999. The van der Waals surface area contributed by atoms with E-state index >= 15 is 0 Å². The molecule has 2 aromatic heterocycles. The Bertz CT molecular complexity index is 962. The Kier molecular flexibility index (Phi) is 4.22. The summed E-state index contributed by atoms with van der Waals surface area (Å²) in [6.45, 7) is 5.77. The fourth-order valence-electron chi connectivity index (χ4n) is 3.06. The van der Waals surface area contributed by atoms with Crippen LogP contribution in [-0.4, -0.2) is 25.7 Å². The van der Waals surface area contributed by atoms with E-state index < -0.39 is 0 Å². The zero-order chi connectivity index (χ0) is 18.1. The van der Waals surface area contributed by atoms with E-state index in [0.717, 1.165) is 13.1 Å². The molecule has 1 aromatic carbocycles. The zero-order valence-electron chi connectivity index (χ0n) is 14.7. The van der Waals surface area contributed by atoms with Gasteiger partial charge in [0.2, 0.25) is 0 Å². The highest BCUT2D eigenvalue weighted by atomic mass is 16.1. The number of amides is 1.